The van der Waals surface area contributed by atoms with Gasteiger partial charge in [0, 0.05) is 24.8 Å². The number of aromatic nitrogens is 1. The Morgan fingerprint density at radius 3 is 2.67 bits per heavy atom. The number of benzene rings is 2. The van der Waals surface area contributed by atoms with Crippen LogP contribution in [0.4, 0.5) is 0 Å². The monoisotopic (exact) mass is 404 g/mol. The minimum Gasteiger partial charge on any atom is -0.496 e. The molecule has 1 aromatic heterocycles. The second kappa shape index (κ2) is 11.5. The van der Waals surface area contributed by atoms with E-state index in [1.54, 1.807) is 13.3 Å². The third-order valence-corrected chi connectivity index (χ3v) is 4.41. The van der Waals surface area contributed by atoms with Crippen LogP contribution >= 0.6 is 0 Å². The van der Waals surface area contributed by atoms with Crippen LogP contribution in [0.25, 0.3) is 0 Å². The van der Waals surface area contributed by atoms with Crippen molar-refractivity contribution in [2.45, 2.75) is 26.6 Å². The Morgan fingerprint density at radius 1 is 1.00 bits per heavy atom. The van der Waals surface area contributed by atoms with Gasteiger partial charge in [-0.3, -0.25) is 4.98 Å². The standard InChI is InChI=1S/C24H28N4O2/c1-3-25-24(28-17-20-10-4-5-13-23(20)29-2)27-16-19-9-8-12-22(15-19)30-18-21-11-6-7-14-26-21/h4-15H,3,16-18H2,1-2H3,(H2,25,27,28). The summed E-state index contributed by atoms with van der Waals surface area (Å²) in [7, 11) is 1.68. The van der Waals surface area contributed by atoms with Crippen LogP contribution < -0.4 is 20.1 Å². The van der Waals surface area contributed by atoms with Gasteiger partial charge in [0.2, 0.25) is 0 Å². The van der Waals surface area contributed by atoms with Gasteiger partial charge in [-0.25, -0.2) is 4.99 Å². The second-order valence-electron chi connectivity index (χ2n) is 6.62. The predicted molar refractivity (Wildman–Crippen MR) is 120 cm³/mol. The highest BCUT2D eigenvalue weighted by Gasteiger charge is 2.04. The van der Waals surface area contributed by atoms with Crippen molar-refractivity contribution in [2.75, 3.05) is 13.7 Å². The van der Waals surface area contributed by atoms with Crippen LogP contribution in [0.5, 0.6) is 11.5 Å². The summed E-state index contributed by atoms with van der Waals surface area (Å²) in [6, 6.07) is 21.7. The molecule has 0 amide bonds. The van der Waals surface area contributed by atoms with E-state index in [0.29, 0.717) is 19.7 Å². The van der Waals surface area contributed by atoms with Crippen LogP contribution in [-0.4, -0.2) is 24.6 Å². The lowest BCUT2D eigenvalue weighted by molar-refractivity contribution is 0.301. The van der Waals surface area contributed by atoms with Crippen molar-refractivity contribution in [3.05, 3.63) is 89.7 Å². The number of ether oxygens (including phenoxy) is 2. The first-order chi connectivity index (χ1) is 14.8. The highest BCUT2D eigenvalue weighted by molar-refractivity contribution is 5.79. The zero-order valence-corrected chi connectivity index (χ0v) is 17.5. The van der Waals surface area contributed by atoms with Gasteiger partial charge < -0.3 is 20.1 Å². The van der Waals surface area contributed by atoms with Gasteiger partial charge in [0.1, 0.15) is 18.1 Å². The molecule has 3 aromatic rings. The number of nitrogens with zero attached hydrogens (tertiary/aromatic N) is 2. The summed E-state index contributed by atoms with van der Waals surface area (Å²) in [6.45, 7) is 4.44. The zero-order chi connectivity index (χ0) is 21.0. The molecule has 1 heterocycles. The van der Waals surface area contributed by atoms with E-state index in [9.17, 15) is 0 Å². The van der Waals surface area contributed by atoms with E-state index in [1.165, 1.54) is 0 Å². The molecule has 0 atom stereocenters. The molecule has 30 heavy (non-hydrogen) atoms. The first-order valence-electron chi connectivity index (χ1n) is 10.0. The normalized spacial score (nSPS) is 11.1. The number of hydrogen-bond acceptors (Lipinski definition) is 4. The Bertz CT molecular complexity index is 945. The smallest absolute Gasteiger partial charge is 0.191 e. The largest absolute Gasteiger partial charge is 0.496 e. The molecule has 0 aliphatic rings. The van der Waals surface area contributed by atoms with Gasteiger partial charge in [-0.2, -0.15) is 0 Å². The topological polar surface area (TPSA) is 67.8 Å². The lowest BCUT2D eigenvalue weighted by Gasteiger charge is -2.13. The number of pyridine rings is 1. The Hall–Kier alpha value is -3.54. The number of para-hydroxylation sites is 1. The number of nitrogens with one attached hydrogen (secondary N) is 2. The molecule has 0 bridgehead atoms. The first kappa shape index (κ1) is 21.2. The molecular formula is C24H28N4O2. The SMILES string of the molecule is CCNC(=NCc1cccc(OCc2ccccn2)c1)NCc1ccccc1OC. The highest BCUT2D eigenvalue weighted by atomic mass is 16.5. The highest BCUT2D eigenvalue weighted by Crippen LogP contribution is 2.17. The molecule has 0 saturated carbocycles. The van der Waals surface area contributed by atoms with Gasteiger partial charge >= 0.3 is 0 Å². The van der Waals surface area contributed by atoms with Crippen LogP contribution in [0, 0.1) is 0 Å². The fourth-order valence-corrected chi connectivity index (χ4v) is 2.91. The molecule has 0 spiro atoms. The Kier molecular flexibility index (Phi) is 8.09. The van der Waals surface area contributed by atoms with Crippen molar-refractivity contribution < 1.29 is 9.47 Å². The summed E-state index contributed by atoms with van der Waals surface area (Å²) in [5, 5.41) is 6.64. The minimum atomic E-state index is 0.441. The van der Waals surface area contributed by atoms with Crippen LogP contribution in [0.1, 0.15) is 23.7 Å². The second-order valence-corrected chi connectivity index (χ2v) is 6.62. The molecular weight excluding hydrogens is 376 g/mol. The summed E-state index contributed by atoms with van der Waals surface area (Å²) in [5.74, 6) is 2.42. The maximum atomic E-state index is 5.86. The number of guanidine groups is 1. The lowest BCUT2D eigenvalue weighted by Crippen LogP contribution is -2.36. The fourth-order valence-electron chi connectivity index (χ4n) is 2.91. The summed E-state index contributed by atoms with van der Waals surface area (Å²) >= 11 is 0. The summed E-state index contributed by atoms with van der Waals surface area (Å²) in [4.78, 5) is 8.98. The van der Waals surface area contributed by atoms with Crippen LogP contribution in [0.3, 0.4) is 0 Å². The molecule has 2 N–H and O–H groups in total. The van der Waals surface area contributed by atoms with Gasteiger partial charge in [-0.05, 0) is 42.8 Å². The molecule has 0 aliphatic heterocycles. The molecule has 0 radical (unpaired) electrons. The summed E-state index contributed by atoms with van der Waals surface area (Å²) in [5.41, 5.74) is 3.05. The van der Waals surface area contributed by atoms with E-state index in [0.717, 1.165) is 40.8 Å². The third-order valence-electron chi connectivity index (χ3n) is 4.41. The quantitative estimate of drug-likeness (QED) is 0.418. The van der Waals surface area contributed by atoms with E-state index >= 15 is 0 Å². The van der Waals surface area contributed by atoms with Crippen molar-refractivity contribution in [1.29, 1.82) is 0 Å². The maximum absolute atomic E-state index is 5.86. The Morgan fingerprint density at radius 2 is 1.87 bits per heavy atom. The fraction of sp³-hybridized carbons (Fsp3) is 0.250. The van der Waals surface area contributed by atoms with Crippen molar-refractivity contribution in [3.63, 3.8) is 0 Å². The zero-order valence-electron chi connectivity index (χ0n) is 17.5. The molecule has 0 saturated heterocycles. The molecule has 3 rings (SSSR count). The Balaban J connectivity index is 1.60. The summed E-state index contributed by atoms with van der Waals surface area (Å²) < 4.78 is 11.3. The first-order valence-corrected chi connectivity index (χ1v) is 10.0. The average molecular weight is 405 g/mol. The van der Waals surface area contributed by atoms with Gasteiger partial charge in [-0.1, -0.05) is 36.4 Å². The van der Waals surface area contributed by atoms with Crippen molar-refractivity contribution >= 4 is 5.96 Å². The van der Waals surface area contributed by atoms with Gasteiger partial charge in [-0.15, -0.1) is 0 Å². The van der Waals surface area contributed by atoms with Gasteiger partial charge in [0.25, 0.3) is 0 Å². The van der Waals surface area contributed by atoms with E-state index in [2.05, 4.69) is 15.6 Å². The molecule has 6 heteroatoms. The van der Waals surface area contributed by atoms with Crippen LogP contribution in [-0.2, 0) is 19.7 Å². The summed E-state index contributed by atoms with van der Waals surface area (Å²) in [6.07, 6.45) is 1.77. The molecule has 0 aliphatic carbocycles. The number of aliphatic imine (C=N–C) groups is 1. The van der Waals surface area contributed by atoms with Crippen LogP contribution in [0.15, 0.2) is 77.9 Å². The third kappa shape index (κ3) is 6.51. The number of methoxy groups -OCH3 is 1. The van der Waals surface area contributed by atoms with E-state index < -0.39 is 0 Å². The van der Waals surface area contributed by atoms with E-state index in [1.807, 2.05) is 73.7 Å². The number of hydrogen-bond donors (Lipinski definition) is 2. The molecule has 6 nitrogen and oxygen atoms in total. The van der Waals surface area contributed by atoms with Crippen LogP contribution in [0.2, 0.25) is 0 Å². The maximum Gasteiger partial charge on any atom is 0.191 e. The predicted octanol–water partition coefficient (Wildman–Crippen LogP) is 3.92. The van der Waals surface area contributed by atoms with E-state index in [4.69, 9.17) is 14.5 Å². The van der Waals surface area contributed by atoms with E-state index in [-0.39, 0.29) is 0 Å². The number of rotatable bonds is 9. The molecule has 0 fully saturated rings. The average Bonchev–Trinajstić information content (AvgIpc) is 2.80. The molecule has 2 aromatic carbocycles. The van der Waals surface area contributed by atoms with Gasteiger partial charge in [0.15, 0.2) is 5.96 Å². The Labute approximate surface area is 178 Å². The van der Waals surface area contributed by atoms with Crippen molar-refractivity contribution in [2.24, 2.45) is 4.99 Å². The molecule has 0 unspecified atom stereocenters. The lowest BCUT2D eigenvalue weighted by atomic mass is 10.2. The molecule has 156 valence electrons. The minimum absolute atomic E-state index is 0.441. The van der Waals surface area contributed by atoms with Crippen molar-refractivity contribution in [3.8, 4) is 11.5 Å². The van der Waals surface area contributed by atoms with Gasteiger partial charge in [0.05, 0.1) is 19.3 Å². The van der Waals surface area contributed by atoms with Crippen molar-refractivity contribution in [1.82, 2.24) is 15.6 Å².